The number of amides is 1. The van der Waals surface area contributed by atoms with Crippen LogP contribution in [0.4, 0.5) is 5.69 Å². The van der Waals surface area contributed by atoms with Gasteiger partial charge in [0.25, 0.3) is 0 Å². The summed E-state index contributed by atoms with van der Waals surface area (Å²) >= 11 is 0. The summed E-state index contributed by atoms with van der Waals surface area (Å²) in [6.45, 7) is 1.58. The summed E-state index contributed by atoms with van der Waals surface area (Å²) in [4.78, 5) is 27.5. The predicted octanol–water partition coefficient (Wildman–Crippen LogP) is 3.55. The van der Waals surface area contributed by atoms with Crippen molar-refractivity contribution < 1.29 is 14.3 Å². The molecule has 3 aromatic rings. The number of anilines is 1. The van der Waals surface area contributed by atoms with Crippen LogP contribution in [-0.2, 0) is 16.1 Å². The van der Waals surface area contributed by atoms with Crippen LogP contribution >= 0.6 is 0 Å². The van der Waals surface area contributed by atoms with Gasteiger partial charge in [-0.1, -0.05) is 24.3 Å². The number of hydrogen-bond acceptors (Lipinski definition) is 4. The number of ether oxygens (including phenoxy) is 1. The summed E-state index contributed by atoms with van der Waals surface area (Å²) in [5.74, 6) is -0.578. The Labute approximate surface area is 139 Å². The molecular weight excluding hydrogens is 304 g/mol. The SMILES string of the molecule is CC(=O)Nc1ccc(C(=O)OCc2cccc3cccnc23)cc1. The van der Waals surface area contributed by atoms with Gasteiger partial charge in [0.2, 0.25) is 5.91 Å². The van der Waals surface area contributed by atoms with E-state index in [0.717, 1.165) is 16.5 Å². The number of rotatable bonds is 4. The lowest BCUT2D eigenvalue weighted by atomic mass is 10.1. The molecule has 5 nitrogen and oxygen atoms in total. The summed E-state index contributed by atoms with van der Waals surface area (Å²) in [7, 11) is 0. The Morgan fingerprint density at radius 3 is 2.54 bits per heavy atom. The lowest BCUT2D eigenvalue weighted by Gasteiger charge is -2.08. The van der Waals surface area contributed by atoms with Gasteiger partial charge in [-0.2, -0.15) is 0 Å². The molecular formula is C19H16N2O3. The van der Waals surface area contributed by atoms with Gasteiger partial charge < -0.3 is 10.1 Å². The Hall–Kier alpha value is -3.21. The molecule has 0 saturated heterocycles. The molecule has 1 amide bonds. The fraction of sp³-hybridized carbons (Fsp3) is 0.105. The molecule has 0 aliphatic heterocycles. The number of pyridine rings is 1. The van der Waals surface area contributed by atoms with E-state index in [1.54, 1.807) is 30.5 Å². The molecule has 0 saturated carbocycles. The Kier molecular flexibility index (Phi) is 4.52. The molecule has 5 heteroatoms. The maximum Gasteiger partial charge on any atom is 0.338 e. The molecule has 0 aliphatic rings. The van der Waals surface area contributed by atoms with Crippen molar-refractivity contribution in [1.82, 2.24) is 4.98 Å². The fourth-order valence-electron chi connectivity index (χ4n) is 2.40. The number of para-hydroxylation sites is 1. The molecule has 0 spiro atoms. The zero-order valence-corrected chi connectivity index (χ0v) is 13.2. The molecule has 0 atom stereocenters. The molecule has 1 heterocycles. The Morgan fingerprint density at radius 1 is 1.04 bits per heavy atom. The molecule has 0 unspecified atom stereocenters. The van der Waals surface area contributed by atoms with E-state index in [1.807, 2.05) is 30.3 Å². The monoisotopic (exact) mass is 320 g/mol. The van der Waals surface area contributed by atoms with Gasteiger partial charge in [0.1, 0.15) is 6.61 Å². The van der Waals surface area contributed by atoms with E-state index < -0.39 is 5.97 Å². The first-order valence-corrected chi connectivity index (χ1v) is 7.51. The van der Waals surface area contributed by atoms with Crippen LogP contribution in [0.2, 0.25) is 0 Å². The van der Waals surface area contributed by atoms with E-state index in [2.05, 4.69) is 10.3 Å². The van der Waals surface area contributed by atoms with Crippen molar-refractivity contribution in [3.8, 4) is 0 Å². The van der Waals surface area contributed by atoms with E-state index in [0.29, 0.717) is 11.3 Å². The molecule has 0 radical (unpaired) electrons. The lowest BCUT2D eigenvalue weighted by molar-refractivity contribution is -0.114. The minimum Gasteiger partial charge on any atom is -0.457 e. The van der Waals surface area contributed by atoms with Crippen LogP contribution in [0.3, 0.4) is 0 Å². The van der Waals surface area contributed by atoms with Gasteiger partial charge >= 0.3 is 5.97 Å². The van der Waals surface area contributed by atoms with Gasteiger partial charge in [0.15, 0.2) is 0 Å². The number of nitrogens with zero attached hydrogens (tertiary/aromatic N) is 1. The van der Waals surface area contributed by atoms with Gasteiger partial charge in [-0.3, -0.25) is 9.78 Å². The predicted molar refractivity (Wildman–Crippen MR) is 91.6 cm³/mol. The average molecular weight is 320 g/mol. The summed E-state index contributed by atoms with van der Waals surface area (Å²) in [6, 6.07) is 16.2. The van der Waals surface area contributed by atoms with Crippen molar-refractivity contribution in [3.05, 3.63) is 71.9 Å². The highest BCUT2D eigenvalue weighted by atomic mass is 16.5. The number of carbonyl (C=O) groups is 2. The highest BCUT2D eigenvalue weighted by Gasteiger charge is 2.09. The van der Waals surface area contributed by atoms with Gasteiger partial charge in [0, 0.05) is 29.8 Å². The topological polar surface area (TPSA) is 68.3 Å². The molecule has 0 aliphatic carbocycles. The van der Waals surface area contributed by atoms with E-state index in [4.69, 9.17) is 4.74 Å². The molecule has 2 aromatic carbocycles. The maximum atomic E-state index is 12.2. The molecule has 120 valence electrons. The van der Waals surface area contributed by atoms with Crippen LogP contribution in [-0.4, -0.2) is 16.9 Å². The van der Waals surface area contributed by atoms with Crippen molar-refractivity contribution in [2.45, 2.75) is 13.5 Å². The quantitative estimate of drug-likeness (QED) is 0.746. The van der Waals surface area contributed by atoms with E-state index in [1.165, 1.54) is 6.92 Å². The van der Waals surface area contributed by atoms with Crippen LogP contribution in [0.15, 0.2) is 60.8 Å². The van der Waals surface area contributed by atoms with Crippen LogP contribution in [0, 0.1) is 0 Å². The number of carbonyl (C=O) groups excluding carboxylic acids is 2. The van der Waals surface area contributed by atoms with Crippen LogP contribution in [0.25, 0.3) is 10.9 Å². The van der Waals surface area contributed by atoms with Crippen molar-refractivity contribution in [2.75, 3.05) is 5.32 Å². The minimum absolute atomic E-state index is 0.153. The third-order valence-corrected chi connectivity index (χ3v) is 3.52. The third kappa shape index (κ3) is 3.57. The van der Waals surface area contributed by atoms with Crippen molar-refractivity contribution in [2.24, 2.45) is 0 Å². The zero-order valence-electron chi connectivity index (χ0n) is 13.2. The third-order valence-electron chi connectivity index (χ3n) is 3.52. The molecule has 0 bridgehead atoms. The molecule has 1 N–H and O–H groups in total. The first kappa shape index (κ1) is 15.7. The van der Waals surface area contributed by atoms with Crippen LogP contribution in [0.5, 0.6) is 0 Å². The number of benzene rings is 2. The zero-order chi connectivity index (χ0) is 16.9. The van der Waals surface area contributed by atoms with Crippen molar-refractivity contribution in [1.29, 1.82) is 0 Å². The number of hydrogen-bond donors (Lipinski definition) is 1. The standard InChI is InChI=1S/C19H16N2O3/c1-13(22)21-17-9-7-15(8-10-17)19(23)24-12-16-5-2-4-14-6-3-11-20-18(14)16/h2-11H,12H2,1H3,(H,21,22). The van der Waals surface area contributed by atoms with E-state index >= 15 is 0 Å². The summed E-state index contributed by atoms with van der Waals surface area (Å²) in [6.07, 6.45) is 1.72. The summed E-state index contributed by atoms with van der Waals surface area (Å²) in [5, 5.41) is 3.65. The summed E-state index contributed by atoms with van der Waals surface area (Å²) < 4.78 is 5.38. The number of fused-ring (bicyclic) bond motifs is 1. The molecule has 3 rings (SSSR count). The molecule has 24 heavy (non-hydrogen) atoms. The smallest absolute Gasteiger partial charge is 0.338 e. The van der Waals surface area contributed by atoms with Crippen LogP contribution < -0.4 is 5.32 Å². The Morgan fingerprint density at radius 2 is 1.79 bits per heavy atom. The normalized spacial score (nSPS) is 10.4. The lowest BCUT2D eigenvalue weighted by Crippen LogP contribution is -2.08. The maximum absolute atomic E-state index is 12.2. The number of aromatic nitrogens is 1. The van der Waals surface area contributed by atoms with Crippen molar-refractivity contribution >= 4 is 28.5 Å². The van der Waals surface area contributed by atoms with Gasteiger partial charge in [-0.05, 0) is 30.3 Å². The number of nitrogens with one attached hydrogen (secondary N) is 1. The first-order valence-electron chi connectivity index (χ1n) is 7.51. The number of esters is 1. The molecule has 0 fully saturated rings. The van der Waals surface area contributed by atoms with Gasteiger partial charge in [0.05, 0.1) is 11.1 Å². The Bertz CT molecular complexity index is 883. The molecule has 1 aromatic heterocycles. The fourth-order valence-corrected chi connectivity index (χ4v) is 2.40. The van der Waals surface area contributed by atoms with Crippen molar-refractivity contribution in [3.63, 3.8) is 0 Å². The van der Waals surface area contributed by atoms with Gasteiger partial charge in [-0.15, -0.1) is 0 Å². The van der Waals surface area contributed by atoms with Crippen LogP contribution in [0.1, 0.15) is 22.8 Å². The highest BCUT2D eigenvalue weighted by molar-refractivity contribution is 5.92. The van der Waals surface area contributed by atoms with E-state index in [-0.39, 0.29) is 12.5 Å². The largest absolute Gasteiger partial charge is 0.457 e. The second kappa shape index (κ2) is 6.91. The van der Waals surface area contributed by atoms with Gasteiger partial charge in [-0.25, -0.2) is 4.79 Å². The average Bonchev–Trinajstić information content (AvgIpc) is 2.59. The Balaban J connectivity index is 1.69. The van der Waals surface area contributed by atoms with E-state index in [9.17, 15) is 9.59 Å². The first-order chi connectivity index (χ1) is 11.6. The highest BCUT2D eigenvalue weighted by Crippen LogP contribution is 2.17. The minimum atomic E-state index is -0.419. The summed E-state index contributed by atoms with van der Waals surface area (Å²) in [5.41, 5.74) is 2.75. The second-order valence-corrected chi connectivity index (χ2v) is 5.33. The second-order valence-electron chi connectivity index (χ2n) is 5.33.